The molecule has 0 aromatic heterocycles. The van der Waals surface area contributed by atoms with Crippen molar-refractivity contribution in [2.45, 2.75) is 20.0 Å². The fourth-order valence-corrected chi connectivity index (χ4v) is 2.75. The van der Waals surface area contributed by atoms with Crippen molar-refractivity contribution in [3.63, 3.8) is 0 Å². The summed E-state index contributed by atoms with van der Waals surface area (Å²) < 4.78 is 0. The lowest BCUT2D eigenvalue weighted by Gasteiger charge is -2.22. The molecule has 24 heavy (non-hydrogen) atoms. The Hall–Kier alpha value is -2.33. The van der Waals surface area contributed by atoms with Gasteiger partial charge in [0.2, 0.25) is 0 Å². The molecule has 0 aliphatic heterocycles. The monoisotopic (exact) mass is 326 g/mol. The Morgan fingerprint density at radius 3 is 2.12 bits per heavy atom. The van der Waals surface area contributed by atoms with Gasteiger partial charge in [-0.15, -0.1) is 0 Å². The summed E-state index contributed by atoms with van der Waals surface area (Å²) >= 11 is 0. The molecule has 0 fully saturated rings. The molecule has 0 aliphatic carbocycles. The van der Waals surface area contributed by atoms with Gasteiger partial charge in [-0.05, 0) is 43.2 Å². The lowest BCUT2D eigenvalue weighted by molar-refractivity contribution is 0.0767. The van der Waals surface area contributed by atoms with Gasteiger partial charge in [-0.25, -0.2) is 0 Å². The van der Waals surface area contributed by atoms with Gasteiger partial charge in [0, 0.05) is 38.4 Å². The maximum absolute atomic E-state index is 12.7. The average Bonchev–Trinajstić information content (AvgIpc) is 2.62. The van der Waals surface area contributed by atoms with Crippen LogP contribution in [-0.4, -0.2) is 43.1 Å². The highest BCUT2D eigenvalue weighted by atomic mass is 16.3. The molecule has 0 bridgehead atoms. The molecule has 2 rings (SSSR count). The van der Waals surface area contributed by atoms with E-state index >= 15 is 0 Å². The first-order valence-electron chi connectivity index (χ1n) is 8.33. The minimum absolute atomic E-state index is 0.0421. The lowest BCUT2D eigenvalue weighted by atomic mass is 9.96. The fourth-order valence-electron chi connectivity index (χ4n) is 2.75. The summed E-state index contributed by atoms with van der Waals surface area (Å²) in [5.41, 5.74) is 3.05. The topological polar surface area (TPSA) is 43.8 Å². The van der Waals surface area contributed by atoms with Crippen molar-refractivity contribution in [1.29, 1.82) is 0 Å². The number of hydrogen-bond acceptors (Lipinski definition) is 3. The van der Waals surface area contributed by atoms with E-state index in [1.54, 1.807) is 11.0 Å². The van der Waals surface area contributed by atoms with Crippen LogP contribution in [0.5, 0.6) is 0 Å². The molecular formula is C20H26N2O2. The molecule has 1 unspecified atom stereocenters. The van der Waals surface area contributed by atoms with Gasteiger partial charge in [0.15, 0.2) is 0 Å². The van der Waals surface area contributed by atoms with Gasteiger partial charge in [0.05, 0.1) is 0 Å². The Kier molecular flexibility index (Phi) is 5.99. The maximum Gasteiger partial charge on any atom is 0.254 e. The van der Waals surface area contributed by atoms with E-state index in [0.29, 0.717) is 24.2 Å². The second kappa shape index (κ2) is 7.97. The molecule has 0 aliphatic rings. The van der Waals surface area contributed by atoms with Crippen molar-refractivity contribution < 1.29 is 9.90 Å². The van der Waals surface area contributed by atoms with Gasteiger partial charge < -0.3 is 14.9 Å². The molecule has 1 N–H and O–H groups in total. The number of aliphatic hydroxyl groups excluding tert-OH is 1. The van der Waals surface area contributed by atoms with E-state index in [2.05, 4.69) is 0 Å². The summed E-state index contributed by atoms with van der Waals surface area (Å²) in [6, 6.07) is 15.0. The first-order chi connectivity index (χ1) is 11.5. The van der Waals surface area contributed by atoms with E-state index in [9.17, 15) is 9.90 Å². The van der Waals surface area contributed by atoms with Gasteiger partial charge >= 0.3 is 0 Å². The number of rotatable bonds is 6. The van der Waals surface area contributed by atoms with Crippen molar-refractivity contribution in [3.8, 4) is 0 Å². The van der Waals surface area contributed by atoms with E-state index < -0.39 is 6.10 Å². The van der Waals surface area contributed by atoms with Crippen LogP contribution in [0, 0.1) is 0 Å². The predicted octanol–water partition coefficient (Wildman–Crippen LogP) is 3.32. The Morgan fingerprint density at radius 1 is 1.00 bits per heavy atom. The molecule has 1 atom stereocenters. The summed E-state index contributed by atoms with van der Waals surface area (Å²) in [6.07, 6.45) is -0.822. The highest BCUT2D eigenvalue weighted by molar-refractivity contribution is 5.96. The van der Waals surface area contributed by atoms with Crippen LogP contribution in [0.2, 0.25) is 0 Å². The largest absolute Gasteiger partial charge is 0.384 e. The van der Waals surface area contributed by atoms with Crippen molar-refractivity contribution in [1.82, 2.24) is 4.90 Å². The smallest absolute Gasteiger partial charge is 0.254 e. The molecule has 0 heterocycles. The van der Waals surface area contributed by atoms with E-state index in [1.807, 2.05) is 75.3 Å². The quantitative estimate of drug-likeness (QED) is 0.885. The van der Waals surface area contributed by atoms with E-state index in [1.165, 1.54) is 0 Å². The summed E-state index contributed by atoms with van der Waals surface area (Å²) in [4.78, 5) is 16.5. The average molecular weight is 326 g/mol. The Balaban J connectivity index is 2.36. The molecule has 0 spiro atoms. The van der Waals surface area contributed by atoms with Crippen LogP contribution in [0.1, 0.15) is 41.4 Å². The number of benzene rings is 2. The molecule has 1 amide bonds. The highest BCUT2D eigenvalue weighted by Crippen LogP contribution is 2.27. The highest BCUT2D eigenvalue weighted by Gasteiger charge is 2.21. The molecule has 0 radical (unpaired) electrons. The molecule has 2 aromatic rings. The van der Waals surface area contributed by atoms with E-state index in [4.69, 9.17) is 0 Å². The molecule has 4 heteroatoms. The SMILES string of the molecule is CCN(CC)C(=O)c1ccccc1C(O)c1ccc(N(C)C)cc1. The third-order valence-corrected chi connectivity index (χ3v) is 4.26. The standard InChI is InChI=1S/C20H26N2O2/c1-5-22(6-2)20(24)18-10-8-7-9-17(18)19(23)15-11-13-16(14-12-15)21(3)4/h7-14,19,23H,5-6H2,1-4H3. The summed E-state index contributed by atoms with van der Waals surface area (Å²) in [5.74, 6) is -0.0421. The number of carbonyl (C=O) groups is 1. The fraction of sp³-hybridized carbons (Fsp3) is 0.350. The third kappa shape index (κ3) is 3.77. The Bertz CT molecular complexity index is 676. The van der Waals surface area contributed by atoms with Crippen molar-refractivity contribution >= 4 is 11.6 Å². The van der Waals surface area contributed by atoms with E-state index in [-0.39, 0.29) is 5.91 Å². The third-order valence-electron chi connectivity index (χ3n) is 4.26. The number of aliphatic hydroxyl groups is 1. The predicted molar refractivity (Wildman–Crippen MR) is 98.5 cm³/mol. The minimum Gasteiger partial charge on any atom is -0.384 e. The van der Waals surface area contributed by atoms with Gasteiger partial charge in [0.1, 0.15) is 6.10 Å². The van der Waals surface area contributed by atoms with Crippen LogP contribution in [0.4, 0.5) is 5.69 Å². The molecule has 128 valence electrons. The summed E-state index contributed by atoms with van der Waals surface area (Å²) in [5, 5.41) is 10.8. The Morgan fingerprint density at radius 2 is 1.58 bits per heavy atom. The molecule has 2 aromatic carbocycles. The molecule has 4 nitrogen and oxygen atoms in total. The van der Waals surface area contributed by atoms with Crippen LogP contribution in [0.25, 0.3) is 0 Å². The van der Waals surface area contributed by atoms with Crippen LogP contribution >= 0.6 is 0 Å². The van der Waals surface area contributed by atoms with Gasteiger partial charge in [-0.3, -0.25) is 4.79 Å². The first kappa shape index (κ1) is 18.0. The van der Waals surface area contributed by atoms with Crippen LogP contribution in [0.15, 0.2) is 48.5 Å². The second-order valence-corrected chi connectivity index (χ2v) is 5.95. The summed E-state index contributed by atoms with van der Waals surface area (Å²) in [7, 11) is 3.95. The zero-order valence-corrected chi connectivity index (χ0v) is 14.9. The Labute approximate surface area is 144 Å². The second-order valence-electron chi connectivity index (χ2n) is 5.95. The van der Waals surface area contributed by atoms with Gasteiger partial charge in [0.25, 0.3) is 5.91 Å². The normalized spacial score (nSPS) is 11.9. The van der Waals surface area contributed by atoms with Crippen molar-refractivity contribution in [3.05, 3.63) is 65.2 Å². The number of carbonyl (C=O) groups excluding carboxylic acids is 1. The number of anilines is 1. The van der Waals surface area contributed by atoms with Crippen LogP contribution in [0.3, 0.4) is 0 Å². The summed E-state index contributed by atoms with van der Waals surface area (Å²) in [6.45, 7) is 5.22. The lowest BCUT2D eigenvalue weighted by Crippen LogP contribution is -2.31. The number of amides is 1. The van der Waals surface area contributed by atoms with Crippen LogP contribution in [-0.2, 0) is 0 Å². The van der Waals surface area contributed by atoms with Crippen LogP contribution < -0.4 is 4.90 Å². The zero-order chi connectivity index (χ0) is 17.7. The number of hydrogen-bond donors (Lipinski definition) is 1. The first-order valence-corrected chi connectivity index (χ1v) is 8.33. The van der Waals surface area contributed by atoms with Crippen molar-refractivity contribution in [2.24, 2.45) is 0 Å². The van der Waals surface area contributed by atoms with Crippen molar-refractivity contribution in [2.75, 3.05) is 32.1 Å². The molecular weight excluding hydrogens is 300 g/mol. The van der Waals surface area contributed by atoms with Gasteiger partial charge in [-0.1, -0.05) is 30.3 Å². The minimum atomic E-state index is -0.822. The number of nitrogens with zero attached hydrogens (tertiary/aromatic N) is 2. The molecule has 0 saturated carbocycles. The maximum atomic E-state index is 12.7. The molecule has 0 saturated heterocycles. The van der Waals surface area contributed by atoms with Gasteiger partial charge in [-0.2, -0.15) is 0 Å². The van der Waals surface area contributed by atoms with E-state index in [0.717, 1.165) is 11.3 Å². The zero-order valence-electron chi connectivity index (χ0n) is 14.9.